The lowest BCUT2D eigenvalue weighted by molar-refractivity contribution is -0.0473. The fourth-order valence-corrected chi connectivity index (χ4v) is 3.14. The molecule has 0 saturated carbocycles. The third-order valence-corrected chi connectivity index (χ3v) is 5.16. The molecule has 0 aliphatic carbocycles. The van der Waals surface area contributed by atoms with Crippen LogP contribution in [-0.4, -0.2) is 61.0 Å². The molecule has 1 fully saturated rings. The fourth-order valence-electron chi connectivity index (χ4n) is 2.97. The summed E-state index contributed by atoms with van der Waals surface area (Å²) in [6, 6.07) is 6.01. The lowest BCUT2D eigenvalue weighted by Gasteiger charge is -2.37. The molecule has 138 valence electrons. The first kappa shape index (κ1) is 20.1. The van der Waals surface area contributed by atoms with Gasteiger partial charge in [0, 0.05) is 43.4 Å². The third-order valence-electron chi connectivity index (χ3n) is 4.93. The maximum Gasteiger partial charge on any atom is 0.125 e. The van der Waals surface area contributed by atoms with Crippen molar-refractivity contribution < 1.29 is 9.84 Å². The average Bonchev–Trinajstić information content (AvgIpc) is 2.62. The van der Waals surface area contributed by atoms with Gasteiger partial charge in [-0.3, -0.25) is 4.90 Å². The van der Waals surface area contributed by atoms with Gasteiger partial charge in [-0.2, -0.15) is 0 Å². The summed E-state index contributed by atoms with van der Waals surface area (Å²) >= 11 is 6.13. The Morgan fingerprint density at radius 1 is 1.36 bits per heavy atom. The molecule has 1 saturated heterocycles. The molecule has 1 aliphatic rings. The number of β-amino-alcohol motifs (C(OH)–C–C–N with tert-alkyl or cyclic N) is 1. The number of halogens is 1. The van der Waals surface area contributed by atoms with Gasteiger partial charge in [-0.15, -0.1) is 6.42 Å². The fraction of sp³-hybridized carbons (Fsp3) is 0.600. The molecule has 2 atom stereocenters. The van der Waals surface area contributed by atoms with E-state index in [0.717, 1.165) is 37.6 Å². The van der Waals surface area contributed by atoms with E-state index in [-0.39, 0.29) is 6.61 Å². The first-order valence-electron chi connectivity index (χ1n) is 8.90. The molecule has 4 nitrogen and oxygen atoms in total. The van der Waals surface area contributed by atoms with E-state index in [9.17, 15) is 5.11 Å². The topological polar surface area (TPSA) is 35.9 Å². The zero-order valence-electron chi connectivity index (χ0n) is 15.5. The predicted octanol–water partition coefficient (Wildman–Crippen LogP) is 2.95. The molecule has 0 amide bonds. The molecule has 1 aromatic carbocycles. The molecule has 1 heterocycles. The van der Waals surface area contributed by atoms with E-state index in [4.69, 9.17) is 22.8 Å². The number of aliphatic hydroxyl groups excluding tert-OH is 1. The second-order valence-corrected chi connectivity index (χ2v) is 7.35. The lowest BCUT2D eigenvalue weighted by Crippen LogP contribution is -2.49. The van der Waals surface area contributed by atoms with E-state index in [0.29, 0.717) is 6.54 Å². The SMILES string of the molecule is C#C[C@](C)(CC)OC[C@H](O)CN1CCN(c2cc(Cl)ccc2C)CC1. The molecular weight excluding hydrogens is 336 g/mol. The number of aliphatic hydroxyl groups is 1. The van der Waals surface area contributed by atoms with Crippen LogP contribution in [0.4, 0.5) is 5.69 Å². The van der Waals surface area contributed by atoms with Crippen molar-refractivity contribution in [3.05, 3.63) is 28.8 Å². The maximum absolute atomic E-state index is 10.3. The van der Waals surface area contributed by atoms with E-state index in [1.165, 1.54) is 11.3 Å². The van der Waals surface area contributed by atoms with Gasteiger partial charge in [0.25, 0.3) is 0 Å². The molecule has 1 N–H and O–H groups in total. The molecule has 0 radical (unpaired) electrons. The number of piperazine rings is 1. The van der Waals surface area contributed by atoms with Gasteiger partial charge in [0.15, 0.2) is 0 Å². The molecular formula is C20H29ClN2O2. The van der Waals surface area contributed by atoms with Gasteiger partial charge in [-0.25, -0.2) is 0 Å². The van der Waals surface area contributed by atoms with Crippen molar-refractivity contribution in [3.8, 4) is 12.3 Å². The highest BCUT2D eigenvalue weighted by Crippen LogP contribution is 2.25. The normalized spacial score (nSPS) is 19.3. The van der Waals surface area contributed by atoms with Gasteiger partial charge in [0.1, 0.15) is 5.60 Å². The number of rotatable bonds is 7. The minimum Gasteiger partial charge on any atom is -0.389 e. The summed E-state index contributed by atoms with van der Waals surface area (Å²) in [5, 5.41) is 11.0. The number of terminal acetylenes is 1. The molecule has 1 aliphatic heterocycles. The van der Waals surface area contributed by atoms with E-state index >= 15 is 0 Å². The van der Waals surface area contributed by atoms with Crippen LogP contribution in [0.15, 0.2) is 18.2 Å². The number of anilines is 1. The monoisotopic (exact) mass is 364 g/mol. The molecule has 5 heteroatoms. The van der Waals surface area contributed by atoms with Crippen molar-refractivity contribution >= 4 is 17.3 Å². The second-order valence-electron chi connectivity index (χ2n) is 6.91. The molecule has 0 spiro atoms. The van der Waals surface area contributed by atoms with Crippen LogP contribution in [0.5, 0.6) is 0 Å². The first-order valence-corrected chi connectivity index (χ1v) is 9.28. The summed E-state index contributed by atoms with van der Waals surface area (Å²) in [6.07, 6.45) is 5.70. The van der Waals surface area contributed by atoms with Gasteiger partial charge >= 0.3 is 0 Å². The maximum atomic E-state index is 10.3. The smallest absolute Gasteiger partial charge is 0.125 e. The molecule has 1 aromatic rings. The highest BCUT2D eigenvalue weighted by molar-refractivity contribution is 6.30. The van der Waals surface area contributed by atoms with Crippen LogP contribution >= 0.6 is 11.6 Å². The number of aryl methyl sites for hydroxylation is 1. The van der Waals surface area contributed by atoms with Crippen LogP contribution in [0.1, 0.15) is 25.8 Å². The number of ether oxygens (including phenoxy) is 1. The molecule has 0 unspecified atom stereocenters. The number of hydrogen-bond donors (Lipinski definition) is 1. The minimum absolute atomic E-state index is 0.266. The van der Waals surface area contributed by atoms with E-state index in [1.54, 1.807) is 0 Å². The van der Waals surface area contributed by atoms with E-state index in [2.05, 4.69) is 28.7 Å². The Morgan fingerprint density at radius 3 is 2.64 bits per heavy atom. The van der Waals surface area contributed by atoms with Crippen molar-refractivity contribution in [3.63, 3.8) is 0 Å². The van der Waals surface area contributed by atoms with Crippen LogP contribution in [0.3, 0.4) is 0 Å². The van der Waals surface area contributed by atoms with E-state index in [1.807, 2.05) is 26.0 Å². The molecule has 0 bridgehead atoms. The number of hydrogen-bond acceptors (Lipinski definition) is 4. The Kier molecular flexibility index (Phi) is 7.15. The zero-order chi connectivity index (χ0) is 18.4. The quantitative estimate of drug-likeness (QED) is 0.754. The van der Waals surface area contributed by atoms with Gasteiger partial charge in [0.2, 0.25) is 0 Å². The number of benzene rings is 1. The van der Waals surface area contributed by atoms with Gasteiger partial charge < -0.3 is 14.7 Å². The minimum atomic E-state index is -0.593. The van der Waals surface area contributed by atoms with Crippen molar-refractivity contribution in [1.29, 1.82) is 0 Å². The third kappa shape index (κ3) is 5.62. The molecule has 25 heavy (non-hydrogen) atoms. The van der Waals surface area contributed by atoms with E-state index < -0.39 is 11.7 Å². The summed E-state index contributed by atoms with van der Waals surface area (Å²) in [5.41, 5.74) is 1.84. The van der Waals surface area contributed by atoms with Crippen molar-refractivity contribution in [2.45, 2.75) is 38.9 Å². The summed E-state index contributed by atoms with van der Waals surface area (Å²) in [7, 11) is 0. The van der Waals surface area contributed by atoms with Gasteiger partial charge in [-0.1, -0.05) is 30.5 Å². The Balaban J connectivity index is 1.80. The predicted molar refractivity (Wildman–Crippen MR) is 104 cm³/mol. The van der Waals surface area contributed by atoms with Crippen LogP contribution in [0, 0.1) is 19.3 Å². The highest BCUT2D eigenvalue weighted by atomic mass is 35.5. The molecule has 2 rings (SSSR count). The number of nitrogens with zero attached hydrogens (tertiary/aromatic N) is 2. The Bertz CT molecular complexity index is 608. The zero-order valence-corrected chi connectivity index (χ0v) is 16.2. The van der Waals surface area contributed by atoms with Crippen molar-refractivity contribution in [2.75, 3.05) is 44.2 Å². The van der Waals surface area contributed by atoms with Crippen molar-refractivity contribution in [1.82, 2.24) is 4.90 Å². The van der Waals surface area contributed by atoms with Gasteiger partial charge in [0.05, 0.1) is 12.7 Å². The first-order chi connectivity index (χ1) is 11.9. The summed E-state index contributed by atoms with van der Waals surface area (Å²) in [4.78, 5) is 4.62. The molecule has 0 aromatic heterocycles. The summed E-state index contributed by atoms with van der Waals surface area (Å²) in [5.74, 6) is 2.66. The Labute approximate surface area is 156 Å². The van der Waals surface area contributed by atoms with Gasteiger partial charge in [-0.05, 0) is 38.0 Å². The van der Waals surface area contributed by atoms with Crippen LogP contribution in [0.2, 0.25) is 5.02 Å². The Hall–Kier alpha value is -1.25. The lowest BCUT2D eigenvalue weighted by atomic mass is 10.1. The van der Waals surface area contributed by atoms with Crippen LogP contribution in [0.25, 0.3) is 0 Å². The standard InChI is InChI=1S/C20H29ClN2O2/c1-5-20(4,6-2)25-15-18(24)14-22-9-11-23(12-10-22)19-13-17(21)8-7-16(19)3/h1,7-8,13,18,24H,6,9-12,14-15H2,2-4H3/t18-,20-/m1/s1. The summed E-state index contributed by atoms with van der Waals surface area (Å²) in [6.45, 7) is 10.5. The highest BCUT2D eigenvalue weighted by Gasteiger charge is 2.24. The van der Waals surface area contributed by atoms with Crippen LogP contribution in [-0.2, 0) is 4.74 Å². The largest absolute Gasteiger partial charge is 0.389 e. The average molecular weight is 365 g/mol. The second kappa shape index (κ2) is 8.91. The van der Waals surface area contributed by atoms with Crippen molar-refractivity contribution in [2.24, 2.45) is 0 Å². The van der Waals surface area contributed by atoms with Crippen LogP contribution < -0.4 is 4.90 Å². The Morgan fingerprint density at radius 2 is 2.04 bits per heavy atom. The summed E-state index contributed by atoms with van der Waals surface area (Å²) < 4.78 is 5.71.